The van der Waals surface area contributed by atoms with Gasteiger partial charge in [-0.05, 0) is 0 Å². The second-order valence-corrected chi connectivity index (χ2v) is 3.00. The van der Waals surface area contributed by atoms with Crippen molar-refractivity contribution in [3.63, 3.8) is 0 Å². The van der Waals surface area contributed by atoms with Crippen LogP contribution < -0.4 is 0 Å². The second kappa shape index (κ2) is 3.87. The molecule has 6 heteroatoms. The molecule has 0 aliphatic heterocycles. The van der Waals surface area contributed by atoms with Crippen LogP contribution in [0.2, 0.25) is 0 Å². The van der Waals surface area contributed by atoms with Gasteiger partial charge in [-0.3, -0.25) is 9.59 Å². The Morgan fingerprint density at radius 3 is 1.80 bits per heavy atom. The maximum Gasteiger partial charge on any atom is 0.169 e. The number of rotatable bonds is 4. The zero-order valence-electron chi connectivity index (χ0n) is 7.78. The first-order chi connectivity index (χ1) is 7.31. The lowest BCUT2D eigenvalue weighted by atomic mass is 10.5. The molecule has 0 spiro atoms. The van der Waals surface area contributed by atoms with Crippen molar-refractivity contribution in [2.24, 2.45) is 0 Å². The van der Waals surface area contributed by atoms with Crippen LogP contribution in [-0.2, 0) is 6.67 Å². The standard InChI is InChI=1S/C9H8N4O2/c14-3-8-1-12(5-10-8)7-13-2-9(4-15)11-6-13/h1-6H,7H2. The Kier molecular flexibility index (Phi) is 2.40. The fraction of sp³-hybridized carbons (Fsp3) is 0.111. The van der Waals surface area contributed by atoms with E-state index in [1.807, 2.05) is 0 Å². The molecule has 0 radical (unpaired) electrons. The molecule has 0 bridgehead atoms. The van der Waals surface area contributed by atoms with Crippen LogP contribution in [0.3, 0.4) is 0 Å². The third kappa shape index (κ3) is 1.98. The summed E-state index contributed by atoms with van der Waals surface area (Å²) in [6.45, 7) is 0.474. The maximum absolute atomic E-state index is 10.4. The van der Waals surface area contributed by atoms with Gasteiger partial charge in [0.1, 0.15) is 18.1 Å². The Balaban J connectivity index is 2.13. The average Bonchev–Trinajstić information content (AvgIpc) is 2.87. The van der Waals surface area contributed by atoms with E-state index in [1.54, 1.807) is 34.2 Å². The number of aldehydes is 2. The van der Waals surface area contributed by atoms with E-state index >= 15 is 0 Å². The molecule has 0 saturated carbocycles. The summed E-state index contributed by atoms with van der Waals surface area (Å²) < 4.78 is 3.44. The number of imidazole rings is 2. The SMILES string of the molecule is O=Cc1cn(Cn2cnc(C=O)c2)cn1. The number of carbonyl (C=O) groups excluding carboxylic acids is 2. The Morgan fingerprint density at radius 1 is 1.00 bits per heavy atom. The molecule has 0 amide bonds. The third-order valence-corrected chi connectivity index (χ3v) is 1.87. The predicted octanol–water partition coefficient (Wildman–Crippen LogP) is 0.210. The summed E-state index contributed by atoms with van der Waals surface area (Å²) in [6.07, 6.45) is 7.69. The van der Waals surface area contributed by atoms with Gasteiger partial charge in [0.05, 0.1) is 12.7 Å². The smallest absolute Gasteiger partial charge is 0.169 e. The van der Waals surface area contributed by atoms with Crippen molar-refractivity contribution >= 4 is 12.6 Å². The van der Waals surface area contributed by atoms with Crippen LogP contribution in [0.4, 0.5) is 0 Å². The number of nitrogens with zero attached hydrogens (tertiary/aromatic N) is 4. The fourth-order valence-electron chi connectivity index (χ4n) is 1.22. The minimum Gasteiger partial charge on any atom is -0.318 e. The average molecular weight is 204 g/mol. The highest BCUT2D eigenvalue weighted by Gasteiger charge is 1.99. The Hall–Kier alpha value is -2.24. The van der Waals surface area contributed by atoms with E-state index in [9.17, 15) is 9.59 Å². The molecule has 2 aromatic heterocycles. The summed E-state index contributed by atoms with van der Waals surface area (Å²) in [7, 11) is 0. The largest absolute Gasteiger partial charge is 0.318 e. The molecule has 2 aromatic rings. The maximum atomic E-state index is 10.4. The molecule has 0 aromatic carbocycles. The lowest BCUT2D eigenvalue weighted by Crippen LogP contribution is -2.03. The molecular formula is C9H8N4O2. The van der Waals surface area contributed by atoms with E-state index in [1.165, 1.54) is 0 Å². The molecule has 0 N–H and O–H groups in total. The summed E-state index contributed by atoms with van der Waals surface area (Å²) in [6, 6.07) is 0. The van der Waals surface area contributed by atoms with Crippen LogP contribution in [0.25, 0.3) is 0 Å². The van der Waals surface area contributed by atoms with Gasteiger partial charge in [-0.15, -0.1) is 0 Å². The monoisotopic (exact) mass is 204 g/mol. The predicted molar refractivity (Wildman–Crippen MR) is 50.6 cm³/mol. The summed E-state index contributed by atoms with van der Waals surface area (Å²) in [5.41, 5.74) is 0.761. The van der Waals surface area contributed by atoms with Crippen molar-refractivity contribution in [3.05, 3.63) is 36.4 Å². The highest BCUT2D eigenvalue weighted by molar-refractivity contribution is 5.71. The number of hydrogen-bond donors (Lipinski definition) is 0. The van der Waals surface area contributed by atoms with Gasteiger partial charge < -0.3 is 9.13 Å². The zero-order valence-corrected chi connectivity index (χ0v) is 7.78. The zero-order chi connectivity index (χ0) is 10.7. The fourth-order valence-corrected chi connectivity index (χ4v) is 1.22. The first-order valence-corrected chi connectivity index (χ1v) is 4.25. The van der Waals surface area contributed by atoms with Crippen LogP contribution in [0.1, 0.15) is 21.0 Å². The van der Waals surface area contributed by atoms with Gasteiger partial charge in [0, 0.05) is 12.4 Å². The molecule has 15 heavy (non-hydrogen) atoms. The van der Waals surface area contributed by atoms with Crippen molar-refractivity contribution < 1.29 is 9.59 Å². The molecule has 76 valence electrons. The summed E-state index contributed by atoms with van der Waals surface area (Å²) >= 11 is 0. The lowest BCUT2D eigenvalue weighted by molar-refractivity contribution is 0.111. The molecule has 2 rings (SSSR count). The van der Waals surface area contributed by atoms with Gasteiger partial charge in [-0.25, -0.2) is 9.97 Å². The van der Waals surface area contributed by atoms with Gasteiger partial charge in [-0.2, -0.15) is 0 Å². The van der Waals surface area contributed by atoms with Crippen LogP contribution >= 0.6 is 0 Å². The molecule has 2 heterocycles. The molecule has 0 aliphatic carbocycles. The minimum absolute atomic E-state index is 0.380. The van der Waals surface area contributed by atoms with Gasteiger partial charge in [0.2, 0.25) is 0 Å². The summed E-state index contributed by atoms with van der Waals surface area (Å²) in [5.74, 6) is 0. The van der Waals surface area contributed by atoms with E-state index in [0.29, 0.717) is 30.6 Å². The van der Waals surface area contributed by atoms with Crippen molar-refractivity contribution in [3.8, 4) is 0 Å². The molecule has 6 nitrogen and oxygen atoms in total. The van der Waals surface area contributed by atoms with Crippen LogP contribution in [0.5, 0.6) is 0 Å². The third-order valence-electron chi connectivity index (χ3n) is 1.87. The van der Waals surface area contributed by atoms with Gasteiger partial charge >= 0.3 is 0 Å². The first-order valence-electron chi connectivity index (χ1n) is 4.25. The summed E-state index contributed by atoms with van der Waals surface area (Å²) in [4.78, 5) is 28.5. The first kappa shape index (κ1) is 9.32. The van der Waals surface area contributed by atoms with Crippen molar-refractivity contribution in [2.45, 2.75) is 6.67 Å². The minimum atomic E-state index is 0.380. The summed E-state index contributed by atoms with van der Waals surface area (Å²) in [5, 5.41) is 0. The lowest BCUT2D eigenvalue weighted by Gasteiger charge is -2.01. The number of aromatic nitrogens is 4. The molecule has 0 fully saturated rings. The second-order valence-electron chi connectivity index (χ2n) is 3.00. The topological polar surface area (TPSA) is 69.8 Å². The van der Waals surface area contributed by atoms with Gasteiger partial charge in [0.15, 0.2) is 12.6 Å². The van der Waals surface area contributed by atoms with E-state index in [0.717, 1.165) is 0 Å². The molecule has 0 atom stereocenters. The Morgan fingerprint density at radius 2 is 1.47 bits per heavy atom. The molecule has 0 saturated heterocycles. The normalized spacial score (nSPS) is 10.1. The van der Waals surface area contributed by atoms with Gasteiger partial charge in [0.25, 0.3) is 0 Å². The van der Waals surface area contributed by atoms with E-state index in [2.05, 4.69) is 9.97 Å². The highest BCUT2D eigenvalue weighted by Crippen LogP contribution is 1.97. The van der Waals surface area contributed by atoms with Crippen LogP contribution in [-0.4, -0.2) is 31.7 Å². The highest BCUT2D eigenvalue weighted by atomic mass is 16.1. The number of carbonyl (C=O) groups is 2. The van der Waals surface area contributed by atoms with E-state index in [-0.39, 0.29) is 0 Å². The Labute approximate surface area is 85.2 Å². The van der Waals surface area contributed by atoms with E-state index in [4.69, 9.17) is 0 Å². The van der Waals surface area contributed by atoms with Crippen LogP contribution in [0, 0.1) is 0 Å². The van der Waals surface area contributed by atoms with Crippen molar-refractivity contribution in [2.75, 3.05) is 0 Å². The Bertz CT molecular complexity index is 442. The molecule has 0 unspecified atom stereocenters. The van der Waals surface area contributed by atoms with Crippen LogP contribution in [0.15, 0.2) is 25.0 Å². The molecular weight excluding hydrogens is 196 g/mol. The van der Waals surface area contributed by atoms with Gasteiger partial charge in [-0.1, -0.05) is 0 Å². The number of hydrogen-bond acceptors (Lipinski definition) is 4. The van der Waals surface area contributed by atoms with E-state index < -0.39 is 0 Å². The van der Waals surface area contributed by atoms with Crippen molar-refractivity contribution in [1.82, 2.24) is 19.1 Å². The quantitative estimate of drug-likeness (QED) is 0.667. The molecule has 0 aliphatic rings. The van der Waals surface area contributed by atoms with Crippen molar-refractivity contribution in [1.29, 1.82) is 0 Å².